The average molecular weight is 463 g/mol. The summed E-state index contributed by atoms with van der Waals surface area (Å²) in [5.74, 6) is -6.19. The van der Waals surface area contributed by atoms with Crippen molar-refractivity contribution in [2.45, 2.75) is 57.3 Å². The number of amides is 5. The Morgan fingerprint density at radius 1 is 0.806 bits per heavy atom. The fourth-order valence-corrected chi connectivity index (χ4v) is 2.69. The summed E-state index contributed by atoms with van der Waals surface area (Å²) in [7, 11) is 0. The van der Waals surface area contributed by atoms with E-state index in [1.54, 1.807) is 0 Å². The van der Waals surface area contributed by atoms with E-state index in [1.807, 2.05) is 13.8 Å². The molecule has 0 fully saturated rings. The number of rotatable bonds is 14. The van der Waals surface area contributed by atoms with E-state index >= 15 is 0 Å². The van der Waals surface area contributed by atoms with Crippen LogP contribution in [-0.2, 0) is 28.8 Å². The van der Waals surface area contributed by atoms with E-state index in [2.05, 4.69) is 28.6 Å². The van der Waals surface area contributed by atoms with Crippen LogP contribution in [-0.4, -0.2) is 70.5 Å². The van der Waals surface area contributed by atoms with Gasteiger partial charge in [-0.15, -0.1) is 0 Å². The average Bonchev–Trinajstić information content (AvgIpc) is 2.62. The molecule has 0 aromatic heterocycles. The lowest BCUT2D eigenvalue weighted by Gasteiger charge is -2.24. The second-order valence-corrected chi connectivity index (χ2v) is 7.65. The number of carboxylic acids is 1. The number of nitrogens with two attached hydrogens (primary N) is 3. The van der Waals surface area contributed by atoms with Crippen LogP contribution >= 0.6 is 12.6 Å². The van der Waals surface area contributed by atoms with Crippen molar-refractivity contribution in [1.82, 2.24) is 16.0 Å². The highest BCUT2D eigenvalue weighted by Gasteiger charge is 2.31. The van der Waals surface area contributed by atoms with Gasteiger partial charge >= 0.3 is 5.97 Å². The summed E-state index contributed by atoms with van der Waals surface area (Å²) < 4.78 is 0. The maximum atomic E-state index is 12.6. The van der Waals surface area contributed by atoms with Gasteiger partial charge < -0.3 is 38.3 Å². The van der Waals surface area contributed by atoms with Crippen molar-refractivity contribution in [3.05, 3.63) is 0 Å². The Morgan fingerprint density at radius 3 is 1.52 bits per heavy atom. The van der Waals surface area contributed by atoms with Crippen molar-refractivity contribution in [2.75, 3.05) is 5.75 Å². The predicted molar refractivity (Wildman–Crippen MR) is 112 cm³/mol. The van der Waals surface area contributed by atoms with E-state index in [-0.39, 0.29) is 11.7 Å². The third-order valence-corrected chi connectivity index (χ3v) is 4.30. The summed E-state index contributed by atoms with van der Waals surface area (Å²) in [5, 5.41) is 15.6. The van der Waals surface area contributed by atoms with E-state index in [1.165, 1.54) is 0 Å². The highest BCUT2D eigenvalue weighted by Crippen LogP contribution is 2.04. The first-order chi connectivity index (χ1) is 14.3. The zero-order valence-electron chi connectivity index (χ0n) is 17.3. The largest absolute Gasteiger partial charge is 0.480 e. The summed E-state index contributed by atoms with van der Waals surface area (Å²) in [6.07, 6.45) is -0.963. The lowest BCUT2D eigenvalue weighted by molar-refractivity contribution is -0.142. The Labute approximate surface area is 184 Å². The molecule has 0 aromatic rings. The summed E-state index contributed by atoms with van der Waals surface area (Å²) in [6, 6.07) is -5.40. The lowest BCUT2D eigenvalue weighted by atomic mass is 10.0. The van der Waals surface area contributed by atoms with Crippen molar-refractivity contribution in [1.29, 1.82) is 0 Å². The van der Waals surface area contributed by atoms with Gasteiger partial charge in [-0.3, -0.25) is 24.0 Å². The molecule has 10 N–H and O–H groups in total. The maximum absolute atomic E-state index is 12.6. The molecule has 0 heterocycles. The molecule has 0 aliphatic rings. The molecule has 13 nitrogen and oxygen atoms in total. The zero-order chi connectivity index (χ0) is 24.3. The van der Waals surface area contributed by atoms with Gasteiger partial charge in [-0.25, -0.2) is 4.79 Å². The second-order valence-electron chi connectivity index (χ2n) is 7.28. The summed E-state index contributed by atoms with van der Waals surface area (Å²) in [6.45, 7) is 3.67. The Balaban J connectivity index is 5.45. The van der Waals surface area contributed by atoms with Crippen LogP contribution in [0, 0.1) is 5.92 Å². The van der Waals surface area contributed by atoms with Crippen LogP contribution in [0.15, 0.2) is 0 Å². The number of primary amides is 2. The Kier molecular flexibility index (Phi) is 12.2. The topological polar surface area (TPSA) is 237 Å². The quantitative estimate of drug-likeness (QED) is 0.121. The van der Waals surface area contributed by atoms with Crippen LogP contribution in [0.4, 0.5) is 0 Å². The second kappa shape index (κ2) is 13.4. The molecule has 0 saturated heterocycles. The van der Waals surface area contributed by atoms with Crippen LogP contribution in [0.3, 0.4) is 0 Å². The molecule has 4 unspecified atom stereocenters. The monoisotopic (exact) mass is 462 g/mol. The van der Waals surface area contributed by atoms with Gasteiger partial charge in [-0.1, -0.05) is 13.8 Å². The van der Waals surface area contributed by atoms with Gasteiger partial charge in [0, 0.05) is 5.75 Å². The zero-order valence-corrected chi connectivity index (χ0v) is 18.2. The highest BCUT2D eigenvalue weighted by molar-refractivity contribution is 7.80. The van der Waals surface area contributed by atoms with Crippen LogP contribution in [0.25, 0.3) is 0 Å². The van der Waals surface area contributed by atoms with Crippen LogP contribution in [0.2, 0.25) is 0 Å². The maximum Gasteiger partial charge on any atom is 0.327 e. The van der Waals surface area contributed by atoms with Gasteiger partial charge in [0.1, 0.15) is 18.1 Å². The molecular formula is C17H30N6O7S. The first-order valence-corrected chi connectivity index (χ1v) is 9.98. The molecule has 176 valence electrons. The Morgan fingerprint density at radius 2 is 1.19 bits per heavy atom. The summed E-state index contributed by atoms with van der Waals surface area (Å²) in [5.41, 5.74) is 16.0. The molecule has 0 aliphatic heterocycles. The standard InChI is InChI=1S/C17H30N6O7S/c1-7(2)3-8(18)14(26)21-9(4-12(19)24)15(27)22-10(5-13(20)25)16(28)23-11(6-31)17(29)30/h7-11,31H,3-6,18H2,1-2H3,(H2,19,24)(H2,20,25)(H,21,26)(H,22,27)(H,23,28)(H,29,30). The van der Waals surface area contributed by atoms with Crippen molar-refractivity contribution in [3.8, 4) is 0 Å². The molecule has 0 spiro atoms. The summed E-state index contributed by atoms with van der Waals surface area (Å²) >= 11 is 3.80. The van der Waals surface area contributed by atoms with Gasteiger partial charge in [-0.2, -0.15) is 12.6 Å². The van der Waals surface area contributed by atoms with Crippen LogP contribution < -0.4 is 33.2 Å². The minimum absolute atomic E-state index is 0.0850. The SMILES string of the molecule is CC(C)CC(N)C(=O)NC(CC(N)=O)C(=O)NC(CC(N)=O)C(=O)NC(CS)C(=O)O. The third kappa shape index (κ3) is 11.2. The highest BCUT2D eigenvalue weighted by atomic mass is 32.1. The molecule has 14 heteroatoms. The first-order valence-electron chi connectivity index (χ1n) is 9.35. The number of aliphatic carboxylic acids is 1. The molecule has 0 aromatic carbocycles. The van der Waals surface area contributed by atoms with E-state index in [9.17, 15) is 28.8 Å². The molecule has 0 saturated carbocycles. The smallest absolute Gasteiger partial charge is 0.327 e. The van der Waals surface area contributed by atoms with Crippen LogP contribution in [0.5, 0.6) is 0 Å². The van der Waals surface area contributed by atoms with Crippen molar-refractivity contribution < 1.29 is 33.9 Å². The fourth-order valence-electron chi connectivity index (χ4n) is 2.44. The number of carbonyl (C=O) groups is 6. The van der Waals surface area contributed by atoms with Crippen molar-refractivity contribution in [2.24, 2.45) is 23.1 Å². The fraction of sp³-hybridized carbons (Fsp3) is 0.647. The molecule has 31 heavy (non-hydrogen) atoms. The number of carboxylic acid groups (broad SMARTS) is 1. The number of thiol groups is 1. The molecule has 0 rings (SSSR count). The lowest BCUT2D eigenvalue weighted by Crippen LogP contribution is -2.58. The first kappa shape index (κ1) is 28.1. The molecule has 0 aliphatic carbocycles. The number of hydrogen-bond donors (Lipinski definition) is 8. The third-order valence-electron chi connectivity index (χ3n) is 3.94. The Hall–Kier alpha value is -2.87. The van der Waals surface area contributed by atoms with E-state index in [0.29, 0.717) is 6.42 Å². The van der Waals surface area contributed by atoms with Gasteiger partial charge in [-0.05, 0) is 12.3 Å². The minimum atomic E-state index is -1.57. The molecule has 5 amide bonds. The van der Waals surface area contributed by atoms with Crippen molar-refractivity contribution in [3.63, 3.8) is 0 Å². The number of nitrogens with one attached hydrogen (secondary N) is 3. The minimum Gasteiger partial charge on any atom is -0.480 e. The van der Waals surface area contributed by atoms with E-state index < -0.39 is 72.5 Å². The van der Waals surface area contributed by atoms with E-state index in [0.717, 1.165) is 0 Å². The molecule has 0 radical (unpaired) electrons. The molecule has 4 atom stereocenters. The number of carbonyl (C=O) groups excluding carboxylic acids is 5. The predicted octanol–water partition coefficient (Wildman–Crippen LogP) is -3.42. The van der Waals surface area contributed by atoms with Crippen LogP contribution in [0.1, 0.15) is 33.1 Å². The Bertz CT molecular complexity index is 702. The van der Waals surface area contributed by atoms with E-state index in [4.69, 9.17) is 22.3 Å². The van der Waals surface area contributed by atoms with Crippen molar-refractivity contribution >= 4 is 48.1 Å². The number of hydrogen-bond acceptors (Lipinski definition) is 8. The van der Waals surface area contributed by atoms with Gasteiger partial charge in [0.05, 0.1) is 18.9 Å². The molecular weight excluding hydrogens is 432 g/mol. The van der Waals surface area contributed by atoms with Gasteiger partial charge in [0.25, 0.3) is 0 Å². The summed E-state index contributed by atoms with van der Waals surface area (Å²) in [4.78, 5) is 70.9. The normalized spacial score (nSPS) is 14.6. The van der Waals surface area contributed by atoms with Gasteiger partial charge in [0.2, 0.25) is 29.5 Å². The van der Waals surface area contributed by atoms with Gasteiger partial charge in [0.15, 0.2) is 0 Å². The molecule has 0 bridgehead atoms.